The van der Waals surface area contributed by atoms with Crippen molar-refractivity contribution < 1.29 is 18.1 Å². The van der Waals surface area contributed by atoms with Crippen molar-refractivity contribution in [1.82, 2.24) is 0 Å². The second kappa shape index (κ2) is 20.0. The number of hydrogen-bond donors (Lipinski definition) is 0. The number of furan rings is 1. The number of hydrogen-bond acceptors (Lipinski definition) is 6. The molecule has 402 valence electrons. The molecule has 9 aromatic heterocycles. The summed E-state index contributed by atoms with van der Waals surface area (Å²) in [6.07, 6.45) is 6.82. The SMILES string of the molecule is Cc1c(-c2cc3c(c[n+]2C)sc2c4ccccc4ccc32)sc2ccccc12.Cc1c(-c2cc3c(c[n+]2C)sc2cc4ccccc4cc23)oc2ccccc12.Cc1c(-c2cc3c(c[n+]2C)sc2cc4ccccc4cc23)sc2ccccc12. The predicted octanol–water partition coefficient (Wildman–Crippen LogP) is 21.2. The van der Waals surface area contributed by atoms with Crippen molar-refractivity contribution in [2.24, 2.45) is 21.1 Å². The molecule has 0 aliphatic rings. The summed E-state index contributed by atoms with van der Waals surface area (Å²) >= 11 is 9.43. The van der Waals surface area contributed by atoms with Crippen molar-refractivity contribution in [3.63, 3.8) is 0 Å². The maximum absolute atomic E-state index is 6.26. The molecular formula is C75H54N3OS5+3. The first kappa shape index (κ1) is 51.0. The highest BCUT2D eigenvalue weighted by Gasteiger charge is 2.25. The fourth-order valence-electron chi connectivity index (χ4n) is 12.6. The van der Waals surface area contributed by atoms with Gasteiger partial charge in [-0.25, -0.2) is 0 Å². The van der Waals surface area contributed by atoms with Gasteiger partial charge in [-0.1, -0.05) is 140 Å². The van der Waals surface area contributed by atoms with Gasteiger partial charge in [-0.05, 0) is 117 Å². The molecule has 0 radical (unpaired) electrons. The lowest BCUT2D eigenvalue weighted by atomic mass is 10.1. The Morgan fingerprint density at radius 3 is 1.21 bits per heavy atom. The number of aryl methyl sites for hydroxylation is 6. The molecule has 0 unspecified atom stereocenters. The predicted molar refractivity (Wildman–Crippen MR) is 365 cm³/mol. The van der Waals surface area contributed by atoms with Crippen molar-refractivity contribution in [2.75, 3.05) is 0 Å². The molecule has 0 saturated carbocycles. The normalized spacial score (nSPS) is 11.9. The zero-order chi connectivity index (χ0) is 56.5. The summed E-state index contributed by atoms with van der Waals surface area (Å²) in [4.78, 5) is 2.73. The maximum Gasteiger partial charge on any atom is 0.249 e. The standard InChI is InChI=1S/C25H18NOS.2C25H18NS2/c1-15-18-9-5-6-10-22(18)27-25(15)21-13-20-19-11-16-7-3-4-8-17(16)12-23(19)28-24(20)14-26(21)2;1-15-17-8-5-6-10-22(17)27-24(15)21-13-20-19-12-11-16-7-3-4-9-18(16)25(19)28-23(20)14-26(21)2;1-15-18-9-5-6-10-22(18)28-25(15)21-13-20-19-11-16-7-3-4-8-17(16)12-23(19)27-24(20)14-26(21)2/h3*3-14H,1-2H3/q3*+1. The minimum atomic E-state index is 0.941. The van der Waals surface area contributed by atoms with Crippen molar-refractivity contribution in [2.45, 2.75) is 20.8 Å². The molecule has 0 spiro atoms. The Morgan fingerprint density at radius 2 is 0.690 bits per heavy atom. The summed E-state index contributed by atoms with van der Waals surface area (Å²) in [5.41, 5.74) is 8.57. The monoisotopic (exact) mass is 1170 g/mol. The molecule has 0 atom stereocenters. The first-order valence-electron chi connectivity index (χ1n) is 28.3. The zero-order valence-corrected chi connectivity index (χ0v) is 51.2. The van der Waals surface area contributed by atoms with E-state index in [1.54, 1.807) is 0 Å². The quantitative estimate of drug-likeness (QED) is 0.162. The van der Waals surface area contributed by atoms with E-state index in [4.69, 9.17) is 4.42 Å². The van der Waals surface area contributed by atoms with Crippen LogP contribution in [-0.4, -0.2) is 0 Å². The van der Waals surface area contributed by atoms with Crippen LogP contribution in [0.2, 0.25) is 0 Å². The van der Waals surface area contributed by atoms with Gasteiger partial charge in [0.05, 0.1) is 14.1 Å². The number of nitrogens with zero attached hydrogens (tertiary/aromatic N) is 3. The fraction of sp³-hybridized carbons (Fsp3) is 0.0800. The van der Waals surface area contributed by atoms with Crippen molar-refractivity contribution in [3.05, 3.63) is 235 Å². The first-order chi connectivity index (χ1) is 41.1. The summed E-state index contributed by atoms with van der Waals surface area (Å²) in [5, 5.41) is 19.8. The zero-order valence-electron chi connectivity index (χ0n) is 47.1. The number of para-hydroxylation sites is 1. The summed E-state index contributed by atoms with van der Waals surface area (Å²) in [6, 6.07) is 72.5. The summed E-state index contributed by atoms with van der Waals surface area (Å²) in [5.74, 6) is 0.950. The molecule has 0 amide bonds. The van der Waals surface area contributed by atoms with Crippen LogP contribution in [0.4, 0.5) is 0 Å². The minimum absolute atomic E-state index is 0.941. The molecule has 0 N–H and O–H groups in total. The van der Waals surface area contributed by atoms with Crippen LogP contribution in [0.15, 0.2) is 223 Å². The average Bonchev–Trinajstić information content (AvgIpc) is 2.27. The van der Waals surface area contributed by atoms with Gasteiger partial charge in [-0.2, -0.15) is 13.7 Å². The Balaban J connectivity index is 0.000000103. The minimum Gasteiger partial charge on any atom is -0.449 e. The van der Waals surface area contributed by atoms with E-state index in [1.165, 1.54) is 156 Å². The van der Waals surface area contributed by atoms with E-state index in [2.05, 4.69) is 262 Å². The van der Waals surface area contributed by atoms with Crippen LogP contribution >= 0.6 is 56.7 Å². The number of rotatable bonds is 3. The van der Waals surface area contributed by atoms with Crippen LogP contribution < -0.4 is 13.7 Å². The van der Waals surface area contributed by atoms with E-state index in [-0.39, 0.29) is 0 Å². The molecule has 0 bridgehead atoms. The van der Waals surface area contributed by atoms with E-state index >= 15 is 0 Å². The number of pyridine rings is 3. The van der Waals surface area contributed by atoms with Crippen LogP contribution in [0.5, 0.6) is 0 Å². The topological polar surface area (TPSA) is 24.8 Å². The van der Waals surface area contributed by atoms with Crippen LogP contribution in [-0.2, 0) is 21.1 Å². The van der Waals surface area contributed by atoms with Gasteiger partial charge in [-0.3, -0.25) is 0 Å². The first-order valence-corrected chi connectivity index (χ1v) is 32.4. The van der Waals surface area contributed by atoms with Crippen LogP contribution in [0, 0.1) is 20.8 Å². The van der Waals surface area contributed by atoms with Gasteiger partial charge >= 0.3 is 0 Å². The molecule has 9 aromatic carbocycles. The second-order valence-electron chi connectivity index (χ2n) is 22.2. The van der Waals surface area contributed by atoms with Crippen LogP contribution in [0.3, 0.4) is 0 Å². The maximum atomic E-state index is 6.26. The fourth-order valence-corrected chi connectivity index (χ4v) is 18.8. The van der Waals surface area contributed by atoms with Gasteiger partial charge in [0.15, 0.2) is 18.6 Å². The van der Waals surface area contributed by atoms with Gasteiger partial charge < -0.3 is 4.42 Å². The van der Waals surface area contributed by atoms with Gasteiger partial charge in [0.1, 0.15) is 36.5 Å². The number of thiophene rings is 5. The van der Waals surface area contributed by atoms with E-state index in [0.717, 1.165) is 17.0 Å². The highest BCUT2D eigenvalue weighted by Crippen LogP contribution is 2.45. The third-order valence-corrected chi connectivity index (χ3v) is 23.0. The second-order valence-corrected chi connectivity index (χ2v) is 27.5. The highest BCUT2D eigenvalue weighted by atomic mass is 32.1. The van der Waals surface area contributed by atoms with Gasteiger partial charge in [-0.15, -0.1) is 56.7 Å². The number of aromatic nitrogens is 3. The molecule has 0 saturated heterocycles. The van der Waals surface area contributed by atoms with Gasteiger partial charge in [0.25, 0.3) is 0 Å². The van der Waals surface area contributed by atoms with Gasteiger partial charge in [0, 0.05) is 85.0 Å². The Bertz CT molecular complexity index is 5360. The Hall–Kier alpha value is -8.67. The van der Waals surface area contributed by atoms with Crippen molar-refractivity contribution >= 4 is 181 Å². The molecule has 0 fully saturated rings. The van der Waals surface area contributed by atoms with E-state index in [1.807, 2.05) is 68.8 Å². The van der Waals surface area contributed by atoms with Crippen molar-refractivity contribution in [3.8, 4) is 32.6 Å². The molecule has 18 aromatic rings. The Kier molecular flexibility index (Phi) is 12.2. The van der Waals surface area contributed by atoms with Crippen molar-refractivity contribution in [1.29, 1.82) is 0 Å². The lowest BCUT2D eigenvalue weighted by molar-refractivity contribution is -0.659. The van der Waals surface area contributed by atoms with Gasteiger partial charge in [0.2, 0.25) is 22.8 Å². The average molecular weight is 1170 g/mol. The molecule has 4 nitrogen and oxygen atoms in total. The molecule has 9 heteroatoms. The molecule has 84 heavy (non-hydrogen) atoms. The largest absolute Gasteiger partial charge is 0.449 e. The van der Waals surface area contributed by atoms with Crippen LogP contribution in [0.1, 0.15) is 16.7 Å². The van der Waals surface area contributed by atoms with E-state index < -0.39 is 0 Å². The Labute approximate surface area is 504 Å². The van der Waals surface area contributed by atoms with Crippen LogP contribution in [0.25, 0.3) is 157 Å². The smallest absolute Gasteiger partial charge is 0.249 e. The third kappa shape index (κ3) is 8.35. The molecule has 0 aliphatic heterocycles. The lowest BCUT2D eigenvalue weighted by Gasteiger charge is -2.01. The summed E-state index contributed by atoms with van der Waals surface area (Å²) in [6.45, 7) is 6.64. The molecule has 0 aliphatic carbocycles. The third-order valence-electron chi connectivity index (χ3n) is 17.0. The molecular weight excluding hydrogens is 1120 g/mol. The summed E-state index contributed by atoms with van der Waals surface area (Å²) < 4.78 is 23.8. The number of benzene rings is 9. The highest BCUT2D eigenvalue weighted by molar-refractivity contribution is 7.27. The van der Waals surface area contributed by atoms with E-state index in [0.29, 0.717) is 0 Å². The molecule has 9 heterocycles. The number of fused-ring (bicyclic) bond motifs is 16. The lowest BCUT2D eigenvalue weighted by Crippen LogP contribution is -2.30. The molecule has 18 rings (SSSR count). The Morgan fingerprint density at radius 1 is 0.286 bits per heavy atom. The summed E-state index contributed by atoms with van der Waals surface area (Å²) in [7, 11) is 6.43. The van der Waals surface area contributed by atoms with E-state index in [9.17, 15) is 0 Å².